The lowest BCUT2D eigenvalue weighted by Gasteiger charge is -2.06. The average molecular weight is 791 g/mol. The SMILES string of the molecule is O=C(CSCSCSCCOOCSCSCSCOC(=O)CSCSCSCCOOCSCO)OCSCO. The quantitative estimate of drug-likeness (QED) is 0.0279. The molecule has 2 N–H and O–H groups in total. The van der Waals surface area contributed by atoms with Crippen LogP contribution in [0.5, 0.6) is 0 Å². The van der Waals surface area contributed by atoms with Crippen LogP contribution < -0.4 is 0 Å². The summed E-state index contributed by atoms with van der Waals surface area (Å²) in [5.74, 6) is 3.23. The second-order valence-corrected chi connectivity index (χ2v) is 19.3. The fourth-order valence-electron chi connectivity index (χ4n) is 1.70. The van der Waals surface area contributed by atoms with Gasteiger partial charge < -0.3 is 19.7 Å². The van der Waals surface area contributed by atoms with Crippen molar-refractivity contribution in [3.8, 4) is 0 Å². The molecule has 0 aromatic rings. The summed E-state index contributed by atoms with van der Waals surface area (Å²) >= 11 is 17.4. The van der Waals surface area contributed by atoms with Gasteiger partial charge in [-0.05, 0) is 0 Å². The number of aliphatic hydroxyl groups excluding tert-OH is 2. The van der Waals surface area contributed by atoms with Crippen molar-refractivity contribution in [3.63, 3.8) is 0 Å². The van der Waals surface area contributed by atoms with Crippen LogP contribution in [0, 0.1) is 0 Å². The Hall–Kier alpha value is 2.55. The topological polar surface area (TPSA) is 130 Å². The third-order valence-corrected chi connectivity index (χ3v) is 14.5. The van der Waals surface area contributed by atoms with E-state index in [-0.39, 0.29) is 29.8 Å². The summed E-state index contributed by atoms with van der Waals surface area (Å²) in [6.45, 7) is 1.03. The largest absolute Gasteiger partial charge is 0.454 e. The molecule has 41 heavy (non-hydrogen) atoms. The molecule has 0 fully saturated rings. The summed E-state index contributed by atoms with van der Waals surface area (Å²) < 4.78 is 10.2. The molecule has 0 bridgehead atoms. The fourth-order valence-corrected chi connectivity index (χ4v) is 11.1. The van der Waals surface area contributed by atoms with E-state index in [0.29, 0.717) is 42.5 Å². The monoisotopic (exact) mass is 790 g/mol. The van der Waals surface area contributed by atoms with E-state index in [1.807, 2.05) is 0 Å². The lowest BCUT2D eigenvalue weighted by atomic mass is 10.8. The minimum absolute atomic E-state index is 0.0203. The van der Waals surface area contributed by atoms with Crippen LogP contribution in [0.4, 0.5) is 0 Å². The molecule has 0 spiro atoms. The van der Waals surface area contributed by atoms with Gasteiger partial charge in [0.2, 0.25) is 0 Å². The number of aliphatic hydroxyl groups is 2. The molecular formula is C20H38O10S11. The summed E-state index contributed by atoms with van der Waals surface area (Å²) in [5, 5.41) is 22.4. The van der Waals surface area contributed by atoms with Gasteiger partial charge in [0.1, 0.15) is 23.8 Å². The number of hydrogen-bond donors (Lipinski definition) is 2. The summed E-state index contributed by atoms with van der Waals surface area (Å²) in [4.78, 5) is 43.3. The molecule has 0 radical (unpaired) electrons. The molecule has 0 aliphatic heterocycles. The molecule has 244 valence electrons. The van der Waals surface area contributed by atoms with Crippen molar-refractivity contribution in [1.29, 1.82) is 0 Å². The molecule has 0 saturated carbocycles. The van der Waals surface area contributed by atoms with Crippen molar-refractivity contribution in [3.05, 3.63) is 0 Å². The number of hydrogen-bond acceptors (Lipinski definition) is 21. The third kappa shape index (κ3) is 38.6. The van der Waals surface area contributed by atoms with E-state index in [4.69, 9.17) is 39.2 Å². The standard InChI is InChI=1S/C20H38O10S11/c21-7-35-9-25-19(23)5-33-15-39-14-32-4-2-28-30-12-38-18-41-17-37-10-26-20(24)6-34-16-40-13-31-3-1-27-29-11-36-8-22/h21-22H,1-18H2. The zero-order valence-electron chi connectivity index (χ0n) is 22.4. The van der Waals surface area contributed by atoms with Crippen molar-refractivity contribution >= 4 is 141 Å². The minimum Gasteiger partial charge on any atom is -0.454 e. The second kappa shape index (κ2) is 38.7. The number of thioether (sulfide) groups is 11. The summed E-state index contributed by atoms with van der Waals surface area (Å²) in [6, 6.07) is 0. The number of rotatable bonds is 34. The van der Waals surface area contributed by atoms with Gasteiger partial charge in [-0.2, -0.15) is 0 Å². The Labute approximate surface area is 289 Å². The fraction of sp³-hybridized carbons (Fsp3) is 0.900. The van der Waals surface area contributed by atoms with Gasteiger partial charge in [-0.25, -0.2) is 19.6 Å². The Morgan fingerprint density at radius 3 is 1.34 bits per heavy atom. The number of carbonyl (C=O) groups excluding carboxylic acids is 2. The summed E-state index contributed by atoms with van der Waals surface area (Å²) in [7, 11) is 0. The Bertz CT molecular complexity index is 576. The van der Waals surface area contributed by atoms with Gasteiger partial charge in [0.25, 0.3) is 0 Å². The van der Waals surface area contributed by atoms with Crippen molar-refractivity contribution in [2.45, 2.75) is 0 Å². The molecule has 0 aromatic heterocycles. The van der Waals surface area contributed by atoms with Gasteiger partial charge in [0.05, 0.1) is 36.6 Å². The van der Waals surface area contributed by atoms with Crippen molar-refractivity contribution in [1.82, 2.24) is 0 Å². The summed E-state index contributed by atoms with van der Waals surface area (Å²) in [6.07, 6.45) is 0. The van der Waals surface area contributed by atoms with E-state index in [1.165, 1.54) is 23.5 Å². The van der Waals surface area contributed by atoms with Crippen LogP contribution >= 0.6 is 129 Å². The first-order valence-corrected chi connectivity index (χ1v) is 24.3. The van der Waals surface area contributed by atoms with E-state index < -0.39 is 0 Å². The molecule has 0 unspecified atom stereocenters. The number of ether oxygens (including phenoxy) is 2. The van der Waals surface area contributed by atoms with Crippen molar-refractivity contribution < 1.29 is 48.8 Å². The average Bonchev–Trinajstić information content (AvgIpc) is 2.97. The number of esters is 2. The zero-order valence-corrected chi connectivity index (χ0v) is 31.4. The van der Waals surface area contributed by atoms with Gasteiger partial charge in [0, 0.05) is 42.0 Å². The smallest absolute Gasteiger partial charge is 0.316 e. The Kier molecular flexibility index (Phi) is 41.1. The Balaban J connectivity index is 3.17. The lowest BCUT2D eigenvalue weighted by Crippen LogP contribution is -2.07. The first-order valence-electron chi connectivity index (χ1n) is 11.6. The third-order valence-electron chi connectivity index (χ3n) is 3.28. The Morgan fingerprint density at radius 2 is 0.829 bits per heavy atom. The highest BCUT2D eigenvalue weighted by Crippen LogP contribution is 2.20. The van der Waals surface area contributed by atoms with Gasteiger partial charge in [-0.1, -0.05) is 11.8 Å². The van der Waals surface area contributed by atoms with Gasteiger partial charge in [-0.15, -0.1) is 118 Å². The molecule has 0 amide bonds. The molecule has 21 heteroatoms. The van der Waals surface area contributed by atoms with Crippen LogP contribution in [-0.4, -0.2) is 125 Å². The van der Waals surface area contributed by atoms with Crippen LogP contribution in [0.1, 0.15) is 0 Å². The van der Waals surface area contributed by atoms with E-state index in [0.717, 1.165) is 53.8 Å². The van der Waals surface area contributed by atoms with E-state index in [1.54, 1.807) is 94.1 Å². The zero-order chi connectivity index (χ0) is 29.9. The first-order chi connectivity index (χ1) is 20.2. The minimum atomic E-state index is -0.255. The predicted octanol–water partition coefficient (Wildman–Crippen LogP) is 5.51. The van der Waals surface area contributed by atoms with Crippen LogP contribution in [0.3, 0.4) is 0 Å². The van der Waals surface area contributed by atoms with Crippen molar-refractivity contribution in [2.24, 2.45) is 0 Å². The molecule has 0 aliphatic carbocycles. The normalized spacial score (nSPS) is 11.2. The van der Waals surface area contributed by atoms with Gasteiger partial charge >= 0.3 is 11.9 Å². The predicted molar refractivity (Wildman–Crippen MR) is 192 cm³/mol. The second-order valence-electron chi connectivity index (χ2n) is 6.29. The van der Waals surface area contributed by atoms with Crippen LogP contribution in [-0.2, 0) is 38.6 Å². The highest BCUT2D eigenvalue weighted by atomic mass is 32.2. The molecule has 0 heterocycles. The van der Waals surface area contributed by atoms with Gasteiger partial charge in [0.15, 0.2) is 0 Å². The van der Waals surface area contributed by atoms with E-state index in [2.05, 4.69) is 0 Å². The lowest BCUT2D eigenvalue weighted by molar-refractivity contribution is -0.274. The number of carbonyl (C=O) groups is 2. The van der Waals surface area contributed by atoms with Crippen LogP contribution in [0.2, 0.25) is 0 Å². The maximum atomic E-state index is 11.8. The van der Waals surface area contributed by atoms with Crippen LogP contribution in [0.25, 0.3) is 0 Å². The molecule has 10 nitrogen and oxygen atoms in total. The van der Waals surface area contributed by atoms with E-state index >= 15 is 0 Å². The highest BCUT2D eigenvalue weighted by molar-refractivity contribution is 8.23. The van der Waals surface area contributed by atoms with E-state index in [9.17, 15) is 9.59 Å². The maximum absolute atomic E-state index is 11.8. The molecule has 0 aliphatic rings. The maximum Gasteiger partial charge on any atom is 0.316 e. The molecule has 0 rings (SSSR count). The Morgan fingerprint density at radius 1 is 0.439 bits per heavy atom. The van der Waals surface area contributed by atoms with Crippen LogP contribution in [0.15, 0.2) is 0 Å². The molecular weight excluding hydrogens is 753 g/mol. The van der Waals surface area contributed by atoms with Gasteiger partial charge in [-0.3, -0.25) is 9.59 Å². The molecule has 0 aromatic carbocycles. The molecule has 0 atom stereocenters. The highest BCUT2D eigenvalue weighted by Gasteiger charge is 2.04. The molecule has 0 saturated heterocycles. The van der Waals surface area contributed by atoms with Crippen molar-refractivity contribution in [2.75, 3.05) is 102 Å². The first kappa shape index (κ1) is 43.5. The summed E-state index contributed by atoms with van der Waals surface area (Å²) in [5.41, 5.74) is 0.